The van der Waals surface area contributed by atoms with Crippen molar-refractivity contribution >= 4 is 11.6 Å². The zero-order chi connectivity index (χ0) is 29.3. The Morgan fingerprint density at radius 1 is 1.21 bits per heavy atom. The Balaban J connectivity index is 1.30. The number of ether oxygens (including phenoxy) is 2. The van der Waals surface area contributed by atoms with Crippen LogP contribution < -0.4 is 14.8 Å². The normalized spacial score (nSPS) is 26.3. The number of likely N-dealkylation sites (tertiary alicyclic amines) is 1. The molecule has 0 bridgehead atoms. The van der Waals surface area contributed by atoms with E-state index in [0.29, 0.717) is 42.6 Å². The van der Waals surface area contributed by atoms with Crippen LogP contribution in [0.1, 0.15) is 63.3 Å². The molecule has 0 amide bonds. The minimum absolute atomic E-state index is 0.0561. The van der Waals surface area contributed by atoms with Crippen molar-refractivity contribution < 1.29 is 18.4 Å². The number of rotatable bonds is 9. The summed E-state index contributed by atoms with van der Waals surface area (Å²) >= 11 is 6.58. The summed E-state index contributed by atoms with van der Waals surface area (Å²) in [5.74, 6) is 1.52. The first-order valence-corrected chi connectivity index (χ1v) is 15.0. The van der Waals surface area contributed by atoms with E-state index >= 15 is 0 Å². The van der Waals surface area contributed by atoms with Crippen molar-refractivity contribution in [3.8, 4) is 29.5 Å². The molecule has 3 fully saturated rings. The number of piperidine rings is 1. The number of hydrogen-bond acceptors (Lipinski definition) is 10. The molecule has 2 aliphatic heterocycles. The monoisotopic (exact) mass is 595 g/mol. The Labute approximate surface area is 249 Å². The molecular formula is C30H35ClFN7O3. The van der Waals surface area contributed by atoms with E-state index in [1.807, 2.05) is 43.1 Å². The molecule has 0 spiro atoms. The minimum Gasteiger partial charge on any atom is -0.474 e. The average molecular weight is 596 g/mol. The molecule has 3 aromatic rings. The van der Waals surface area contributed by atoms with Gasteiger partial charge in [0.1, 0.15) is 18.4 Å². The fourth-order valence-electron chi connectivity index (χ4n) is 6.41. The third-order valence-electron chi connectivity index (χ3n) is 8.78. The lowest BCUT2D eigenvalue weighted by Crippen LogP contribution is -2.42. The molecule has 42 heavy (non-hydrogen) atoms. The van der Waals surface area contributed by atoms with Crippen molar-refractivity contribution in [1.29, 1.82) is 5.26 Å². The zero-order valence-corrected chi connectivity index (χ0v) is 24.6. The standard InChI is InChI=1S/C30H35ClFN7O3/c1-18(24-14-19(32)17-39(24)2)40-25-16-26(41-21-9-13-34-20(15-21)8-12-33)36-27(35-25)28-37-29(42-38-28)30(10-5-11-30)22-6-3-4-7-23(22)31/h3-4,6-7,16,18-21,24,34H,5,8-11,13-15,17H2,1-2H3/t18-,19+,20+,21-,24-/m0/s1. The van der Waals surface area contributed by atoms with Crippen molar-refractivity contribution in [2.24, 2.45) is 0 Å². The van der Waals surface area contributed by atoms with E-state index in [-0.39, 0.29) is 41.8 Å². The van der Waals surface area contributed by atoms with Gasteiger partial charge in [0.25, 0.3) is 0 Å². The Kier molecular flexibility index (Phi) is 8.30. The number of nitriles is 1. The molecule has 1 N–H and O–H groups in total. The fraction of sp³-hybridized carbons (Fsp3) is 0.567. The van der Waals surface area contributed by atoms with Crippen molar-refractivity contribution in [2.45, 2.75) is 87.7 Å². The van der Waals surface area contributed by atoms with Crippen molar-refractivity contribution in [3.05, 3.63) is 46.8 Å². The Hall–Kier alpha value is -3.33. The smallest absolute Gasteiger partial charge is 0.240 e. The summed E-state index contributed by atoms with van der Waals surface area (Å²) in [6.07, 6.45) is 3.61. The molecule has 0 radical (unpaired) electrons. The van der Waals surface area contributed by atoms with E-state index in [0.717, 1.165) is 37.8 Å². The molecular weight excluding hydrogens is 561 g/mol. The second kappa shape index (κ2) is 12.1. The summed E-state index contributed by atoms with van der Waals surface area (Å²) < 4.78 is 32.5. The Bertz CT molecular complexity index is 1440. The van der Waals surface area contributed by atoms with Gasteiger partial charge in [0.15, 0.2) is 0 Å². The first-order chi connectivity index (χ1) is 20.3. The van der Waals surface area contributed by atoms with Crippen LogP contribution in [0.2, 0.25) is 5.02 Å². The van der Waals surface area contributed by atoms with Gasteiger partial charge in [-0.1, -0.05) is 41.4 Å². The molecule has 6 rings (SSSR count). The molecule has 1 aliphatic carbocycles. The van der Waals surface area contributed by atoms with E-state index in [2.05, 4.69) is 26.5 Å². The highest BCUT2D eigenvalue weighted by Gasteiger charge is 2.46. The Morgan fingerprint density at radius 3 is 2.74 bits per heavy atom. The van der Waals surface area contributed by atoms with Gasteiger partial charge in [-0.05, 0) is 57.8 Å². The molecule has 1 aromatic carbocycles. The average Bonchev–Trinajstić information content (AvgIpc) is 3.56. The van der Waals surface area contributed by atoms with Gasteiger partial charge in [-0.15, -0.1) is 0 Å². The summed E-state index contributed by atoms with van der Waals surface area (Å²) in [7, 11) is 1.90. The minimum atomic E-state index is -0.887. The van der Waals surface area contributed by atoms with Gasteiger partial charge in [-0.3, -0.25) is 4.90 Å². The van der Waals surface area contributed by atoms with Crippen molar-refractivity contribution in [3.63, 3.8) is 0 Å². The molecule has 2 saturated heterocycles. The maximum Gasteiger partial charge on any atom is 0.240 e. The number of nitrogens with zero attached hydrogens (tertiary/aromatic N) is 6. The zero-order valence-electron chi connectivity index (χ0n) is 23.8. The van der Waals surface area contributed by atoms with Gasteiger partial charge in [0.2, 0.25) is 29.3 Å². The van der Waals surface area contributed by atoms with Crippen molar-refractivity contribution in [2.75, 3.05) is 20.1 Å². The number of benzene rings is 1. The number of hydrogen-bond donors (Lipinski definition) is 1. The van der Waals surface area contributed by atoms with E-state index in [9.17, 15) is 4.39 Å². The number of likely N-dealkylation sites (N-methyl/N-ethyl adjacent to an activating group) is 1. The molecule has 1 saturated carbocycles. The van der Waals surface area contributed by atoms with Crippen LogP contribution in [0, 0.1) is 11.3 Å². The summed E-state index contributed by atoms with van der Waals surface area (Å²) in [5.41, 5.74) is 0.514. The van der Waals surface area contributed by atoms with Gasteiger partial charge in [-0.2, -0.15) is 20.2 Å². The number of alkyl halides is 1. The third-order valence-corrected chi connectivity index (χ3v) is 9.11. The van der Waals surface area contributed by atoms with Gasteiger partial charge in [-0.25, -0.2) is 4.39 Å². The van der Waals surface area contributed by atoms with Crippen LogP contribution in [0.5, 0.6) is 11.8 Å². The molecule has 10 nitrogen and oxygen atoms in total. The summed E-state index contributed by atoms with van der Waals surface area (Å²) in [5, 5.41) is 17.4. The lowest BCUT2D eigenvalue weighted by Gasteiger charge is -2.39. The second-order valence-electron chi connectivity index (χ2n) is 11.6. The van der Waals surface area contributed by atoms with Gasteiger partial charge >= 0.3 is 0 Å². The number of aromatic nitrogens is 4. The van der Waals surface area contributed by atoms with Crippen LogP contribution >= 0.6 is 11.6 Å². The van der Waals surface area contributed by atoms with Crippen LogP contribution in [0.3, 0.4) is 0 Å². The van der Waals surface area contributed by atoms with Gasteiger partial charge in [0, 0.05) is 30.1 Å². The van der Waals surface area contributed by atoms with E-state index in [1.54, 1.807) is 6.07 Å². The van der Waals surface area contributed by atoms with Crippen LogP contribution in [-0.2, 0) is 5.41 Å². The lowest BCUT2D eigenvalue weighted by atomic mass is 9.64. The topological polar surface area (TPSA) is 122 Å². The van der Waals surface area contributed by atoms with Crippen LogP contribution in [0.15, 0.2) is 34.9 Å². The Morgan fingerprint density at radius 2 is 2.02 bits per heavy atom. The van der Waals surface area contributed by atoms with Gasteiger partial charge < -0.3 is 19.3 Å². The number of halogens is 2. The lowest BCUT2D eigenvalue weighted by molar-refractivity contribution is 0.113. The van der Waals surface area contributed by atoms with Crippen LogP contribution in [0.4, 0.5) is 4.39 Å². The first kappa shape index (κ1) is 28.8. The highest BCUT2D eigenvalue weighted by atomic mass is 35.5. The highest BCUT2D eigenvalue weighted by Crippen LogP contribution is 2.50. The fourth-order valence-corrected chi connectivity index (χ4v) is 6.72. The molecule has 3 aliphatic rings. The largest absolute Gasteiger partial charge is 0.474 e. The molecule has 12 heteroatoms. The predicted molar refractivity (Wildman–Crippen MR) is 153 cm³/mol. The molecule has 5 atom stereocenters. The maximum absolute atomic E-state index is 14.1. The summed E-state index contributed by atoms with van der Waals surface area (Å²) in [6.45, 7) is 3.03. The predicted octanol–water partition coefficient (Wildman–Crippen LogP) is 4.87. The van der Waals surface area contributed by atoms with E-state index in [1.165, 1.54) is 0 Å². The van der Waals surface area contributed by atoms with Gasteiger partial charge in [0.05, 0.1) is 24.0 Å². The maximum atomic E-state index is 14.1. The van der Waals surface area contributed by atoms with Crippen molar-refractivity contribution in [1.82, 2.24) is 30.3 Å². The van der Waals surface area contributed by atoms with Crippen LogP contribution in [-0.4, -0.2) is 75.6 Å². The summed E-state index contributed by atoms with van der Waals surface area (Å²) in [6, 6.07) is 11.6. The molecule has 0 unspecified atom stereocenters. The molecule has 4 heterocycles. The second-order valence-corrected chi connectivity index (χ2v) is 12.1. The quantitative estimate of drug-likeness (QED) is 0.366. The summed E-state index contributed by atoms with van der Waals surface area (Å²) in [4.78, 5) is 16.0. The first-order valence-electron chi connectivity index (χ1n) is 14.6. The van der Waals surface area contributed by atoms with E-state index in [4.69, 9.17) is 35.8 Å². The van der Waals surface area contributed by atoms with E-state index < -0.39 is 11.6 Å². The highest BCUT2D eigenvalue weighted by molar-refractivity contribution is 6.31. The SMILES string of the molecule is C[C@H](Oc1cc(O[C@H]2CCN[C@H](CC#N)C2)nc(-c2noc(C3(c4ccccc4Cl)CCC3)n2)n1)[C@@H]1C[C@@H](F)CN1C. The van der Waals surface area contributed by atoms with Crippen LogP contribution in [0.25, 0.3) is 11.6 Å². The number of nitrogens with one attached hydrogen (secondary N) is 1. The third kappa shape index (κ3) is 5.80. The molecule has 2 aromatic heterocycles. The molecule has 222 valence electrons.